The van der Waals surface area contributed by atoms with E-state index in [1.807, 2.05) is 41.8 Å². The molecule has 0 N–H and O–H groups in total. The van der Waals surface area contributed by atoms with E-state index in [9.17, 15) is 4.79 Å². The van der Waals surface area contributed by atoms with Crippen molar-refractivity contribution in [1.29, 1.82) is 0 Å². The third-order valence-corrected chi connectivity index (χ3v) is 6.68. The molecule has 3 atom stereocenters. The summed E-state index contributed by atoms with van der Waals surface area (Å²) in [6, 6.07) is 17.9. The van der Waals surface area contributed by atoms with Gasteiger partial charge in [-0.15, -0.1) is 11.3 Å². The second-order valence-electron chi connectivity index (χ2n) is 8.04. The van der Waals surface area contributed by atoms with Crippen molar-refractivity contribution in [3.05, 3.63) is 82.4 Å². The second kappa shape index (κ2) is 8.78. The number of carbonyl (C=O) groups is 1. The zero-order valence-electron chi connectivity index (χ0n) is 17.4. The number of rotatable bonds is 5. The molecule has 2 aliphatic heterocycles. The molecular weight excluding hydrogens is 410 g/mol. The summed E-state index contributed by atoms with van der Waals surface area (Å²) in [5, 5.41) is 8.38. The van der Waals surface area contributed by atoms with Gasteiger partial charge < -0.3 is 9.15 Å². The van der Waals surface area contributed by atoms with E-state index in [2.05, 4.69) is 35.1 Å². The highest BCUT2D eigenvalue weighted by Gasteiger charge is 2.36. The molecule has 2 aromatic heterocycles. The van der Waals surface area contributed by atoms with E-state index in [0.29, 0.717) is 19.5 Å². The summed E-state index contributed by atoms with van der Waals surface area (Å²) in [5.41, 5.74) is 1.96. The average molecular weight is 436 g/mol. The van der Waals surface area contributed by atoms with Gasteiger partial charge in [0.15, 0.2) is 0 Å². The van der Waals surface area contributed by atoms with Gasteiger partial charge in [-0.3, -0.25) is 9.69 Å². The third-order valence-electron chi connectivity index (χ3n) is 5.71. The Morgan fingerprint density at radius 3 is 2.74 bits per heavy atom. The van der Waals surface area contributed by atoms with Crippen molar-refractivity contribution in [1.82, 2.24) is 9.91 Å². The van der Waals surface area contributed by atoms with Gasteiger partial charge in [-0.05, 0) is 36.1 Å². The molecule has 0 spiro atoms. The van der Waals surface area contributed by atoms with Crippen molar-refractivity contribution in [2.75, 3.05) is 19.6 Å². The Labute approximate surface area is 185 Å². The largest absolute Gasteiger partial charge is 0.463 e. The van der Waals surface area contributed by atoms with Crippen LogP contribution in [0.2, 0.25) is 0 Å². The van der Waals surface area contributed by atoms with Crippen LogP contribution < -0.4 is 0 Å². The van der Waals surface area contributed by atoms with Crippen molar-refractivity contribution >= 4 is 23.0 Å². The lowest BCUT2D eigenvalue weighted by molar-refractivity contribution is -0.138. The standard InChI is InChI=1S/C24H25N3O3S/c1-17-14-26(15-22(30-17)18-7-3-2-4-8-18)16-24(28)27-20(23-10-6-12-31-23)13-19(25-27)21-9-5-11-29-21/h2-12,17,20,22H,13-16H2,1H3. The minimum absolute atomic E-state index is 0.000804. The molecule has 4 heterocycles. The van der Waals surface area contributed by atoms with Gasteiger partial charge in [0.25, 0.3) is 5.91 Å². The quantitative estimate of drug-likeness (QED) is 0.593. The SMILES string of the molecule is CC1CN(CC(=O)N2N=C(c3ccco3)CC2c2cccs2)CC(c2ccccc2)O1. The number of carbonyl (C=O) groups excluding carboxylic acids is 1. The molecule has 1 amide bonds. The van der Waals surface area contributed by atoms with Crippen molar-refractivity contribution < 1.29 is 13.9 Å². The maximum Gasteiger partial charge on any atom is 0.257 e. The molecule has 1 fully saturated rings. The molecule has 6 nitrogen and oxygen atoms in total. The van der Waals surface area contributed by atoms with E-state index in [-0.39, 0.29) is 24.2 Å². The minimum atomic E-state index is -0.0871. The van der Waals surface area contributed by atoms with Gasteiger partial charge in [-0.25, -0.2) is 5.01 Å². The van der Waals surface area contributed by atoms with Crippen molar-refractivity contribution in [3.63, 3.8) is 0 Å². The molecule has 3 aromatic rings. The summed E-state index contributed by atoms with van der Waals surface area (Å²) in [5.74, 6) is 0.724. The lowest BCUT2D eigenvalue weighted by Gasteiger charge is -2.37. The maximum atomic E-state index is 13.4. The van der Waals surface area contributed by atoms with Gasteiger partial charge in [0.2, 0.25) is 0 Å². The van der Waals surface area contributed by atoms with Crippen LogP contribution >= 0.6 is 11.3 Å². The molecule has 1 saturated heterocycles. The first-order valence-electron chi connectivity index (χ1n) is 10.6. The van der Waals surface area contributed by atoms with E-state index >= 15 is 0 Å². The van der Waals surface area contributed by atoms with Crippen LogP contribution in [0.5, 0.6) is 0 Å². The van der Waals surface area contributed by atoms with Crippen LogP contribution in [0, 0.1) is 0 Å². The zero-order valence-corrected chi connectivity index (χ0v) is 18.2. The Morgan fingerprint density at radius 2 is 2.00 bits per heavy atom. The molecule has 0 radical (unpaired) electrons. The number of hydrogen-bond donors (Lipinski definition) is 0. The normalized spacial score (nSPS) is 24.4. The van der Waals surface area contributed by atoms with E-state index in [0.717, 1.165) is 28.5 Å². The molecule has 2 aliphatic rings. The molecule has 0 aliphatic carbocycles. The van der Waals surface area contributed by atoms with Gasteiger partial charge in [0.05, 0.1) is 31.1 Å². The fourth-order valence-corrected chi connectivity index (χ4v) is 5.13. The van der Waals surface area contributed by atoms with Crippen LogP contribution in [0.4, 0.5) is 0 Å². The first-order chi connectivity index (χ1) is 15.2. The van der Waals surface area contributed by atoms with Crippen LogP contribution in [0.15, 0.2) is 75.8 Å². The average Bonchev–Trinajstić information content (AvgIpc) is 3.55. The fourth-order valence-electron chi connectivity index (χ4n) is 4.32. The van der Waals surface area contributed by atoms with Crippen LogP contribution in [-0.2, 0) is 9.53 Å². The molecule has 3 unspecified atom stereocenters. The molecule has 5 rings (SSSR count). The summed E-state index contributed by atoms with van der Waals surface area (Å²) in [6.07, 6.45) is 2.32. The molecule has 7 heteroatoms. The number of furan rings is 1. The van der Waals surface area contributed by atoms with E-state index < -0.39 is 0 Å². The van der Waals surface area contributed by atoms with E-state index in [4.69, 9.17) is 9.15 Å². The fraction of sp³-hybridized carbons (Fsp3) is 0.333. The maximum absolute atomic E-state index is 13.4. The smallest absolute Gasteiger partial charge is 0.257 e. The number of hydrazone groups is 1. The van der Waals surface area contributed by atoms with E-state index in [1.165, 1.54) is 0 Å². The zero-order chi connectivity index (χ0) is 21.2. The Balaban J connectivity index is 1.34. The van der Waals surface area contributed by atoms with Gasteiger partial charge >= 0.3 is 0 Å². The Kier molecular flexibility index (Phi) is 5.72. The summed E-state index contributed by atoms with van der Waals surface area (Å²) >= 11 is 1.65. The molecular formula is C24H25N3O3S. The predicted octanol–water partition coefficient (Wildman–Crippen LogP) is 4.48. The third kappa shape index (κ3) is 4.35. The Bertz CT molecular complexity index is 1030. The number of morpholine rings is 1. The molecule has 31 heavy (non-hydrogen) atoms. The van der Waals surface area contributed by atoms with Crippen LogP contribution in [0.3, 0.4) is 0 Å². The highest BCUT2D eigenvalue weighted by atomic mass is 32.1. The lowest BCUT2D eigenvalue weighted by Crippen LogP contribution is -2.47. The van der Waals surface area contributed by atoms with E-state index in [1.54, 1.807) is 22.6 Å². The minimum Gasteiger partial charge on any atom is -0.463 e. The lowest BCUT2D eigenvalue weighted by atomic mass is 10.1. The monoisotopic (exact) mass is 435 g/mol. The predicted molar refractivity (Wildman–Crippen MR) is 120 cm³/mol. The van der Waals surface area contributed by atoms with Crippen LogP contribution in [0.25, 0.3) is 0 Å². The van der Waals surface area contributed by atoms with Crippen LogP contribution in [-0.4, -0.2) is 47.3 Å². The number of thiophene rings is 1. The first-order valence-corrected chi connectivity index (χ1v) is 11.4. The summed E-state index contributed by atoms with van der Waals surface area (Å²) in [6.45, 7) is 3.78. The second-order valence-corrected chi connectivity index (χ2v) is 9.02. The van der Waals surface area contributed by atoms with Gasteiger partial charge in [0, 0.05) is 24.4 Å². The molecule has 1 aromatic carbocycles. The molecule has 0 saturated carbocycles. The van der Waals surface area contributed by atoms with Crippen LogP contribution in [0.1, 0.15) is 41.7 Å². The number of nitrogens with zero attached hydrogens (tertiary/aromatic N) is 3. The summed E-state index contributed by atoms with van der Waals surface area (Å²) in [4.78, 5) is 16.7. The number of amides is 1. The number of hydrogen-bond acceptors (Lipinski definition) is 6. The Morgan fingerprint density at radius 1 is 1.13 bits per heavy atom. The highest BCUT2D eigenvalue weighted by molar-refractivity contribution is 7.10. The first kappa shape index (κ1) is 20.2. The Hall–Kier alpha value is -2.74. The number of ether oxygens (including phenoxy) is 1. The summed E-state index contributed by atoms with van der Waals surface area (Å²) in [7, 11) is 0. The highest BCUT2D eigenvalue weighted by Crippen LogP contribution is 2.35. The molecule has 160 valence electrons. The molecule has 0 bridgehead atoms. The van der Waals surface area contributed by atoms with Gasteiger partial charge in [0.1, 0.15) is 11.5 Å². The van der Waals surface area contributed by atoms with Crippen molar-refractivity contribution in [2.24, 2.45) is 5.10 Å². The topological polar surface area (TPSA) is 58.3 Å². The van der Waals surface area contributed by atoms with Crippen molar-refractivity contribution in [3.8, 4) is 0 Å². The summed E-state index contributed by atoms with van der Waals surface area (Å²) < 4.78 is 11.7. The van der Waals surface area contributed by atoms with Crippen molar-refractivity contribution in [2.45, 2.75) is 31.6 Å². The van der Waals surface area contributed by atoms with Gasteiger partial charge in [-0.1, -0.05) is 36.4 Å². The van der Waals surface area contributed by atoms with Gasteiger partial charge in [-0.2, -0.15) is 5.10 Å². The number of benzene rings is 1.